The molecule has 1 saturated heterocycles. The van der Waals surface area contributed by atoms with E-state index in [-0.39, 0.29) is 6.03 Å². The molecular weight excluding hydrogens is 274 g/mol. The van der Waals surface area contributed by atoms with Crippen molar-refractivity contribution in [1.29, 1.82) is 0 Å². The van der Waals surface area contributed by atoms with Gasteiger partial charge in [-0.05, 0) is 51.6 Å². The zero-order chi connectivity index (χ0) is 15.8. The average molecular weight is 309 g/mol. The summed E-state index contributed by atoms with van der Waals surface area (Å²) in [5.41, 5.74) is 0. The Morgan fingerprint density at radius 2 is 1.64 bits per heavy atom. The molecule has 1 atom stereocenters. The van der Waals surface area contributed by atoms with Crippen molar-refractivity contribution in [3.05, 3.63) is 0 Å². The molecule has 2 aliphatic rings. The van der Waals surface area contributed by atoms with Crippen LogP contribution in [0, 0.1) is 5.92 Å². The van der Waals surface area contributed by atoms with Gasteiger partial charge in [0, 0.05) is 18.6 Å². The monoisotopic (exact) mass is 309 g/mol. The molecule has 1 heterocycles. The molecule has 0 bridgehead atoms. The number of hydrogen-bond donors (Lipinski definition) is 2. The lowest BCUT2D eigenvalue weighted by Crippen LogP contribution is -2.49. The van der Waals surface area contributed by atoms with Gasteiger partial charge in [0.05, 0.1) is 0 Å². The van der Waals surface area contributed by atoms with Crippen LogP contribution < -0.4 is 10.6 Å². The molecule has 1 aliphatic heterocycles. The molecule has 0 aromatic heterocycles. The van der Waals surface area contributed by atoms with Crippen molar-refractivity contribution in [3.63, 3.8) is 0 Å². The van der Waals surface area contributed by atoms with Gasteiger partial charge in [-0.2, -0.15) is 0 Å². The first-order valence-corrected chi connectivity index (χ1v) is 9.43. The van der Waals surface area contributed by atoms with E-state index in [0.29, 0.717) is 12.1 Å². The normalized spacial score (nSPS) is 24.3. The number of piperidine rings is 1. The fourth-order valence-electron chi connectivity index (χ4n) is 3.68. The van der Waals surface area contributed by atoms with Gasteiger partial charge in [0.15, 0.2) is 0 Å². The van der Waals surface area contributed by atoms with E-state index in [9.17, 15) is 4.79 Å². The van der Waals surface area contributed by atoms with Gasteiger partial charge in [-0.15, -0.1) is 0 Å². The van der Waals surface area contributed by atoms with Gasteiger partial charge in [0.2, 0.25) is 0 Å². The van der Waals surface area contributed by atoms with Crippen molar-refractivity contribution in [2.75, 3.05) is 19.6 Å². The molecule has 1 saturated carbocycles. The predicted molar refractivity (Wildman–Crippen MR) is 92.1 cm³/mol. The first kappa shape index (κ1) is 17.6. The lowest BCUT2D eigenvalue weighted by Gasteiger charge is -2.35. The van der Waals surface area contributed by atoms with Crippen molar-refractivity contribution in [1.82, 2.24) is 15.5 Å². The van der Waals surface area contributed by atoms with Gasteiger partial charge >= 0.3 is 6.03 Å². The third-order valence-electron chi connectivity index (χ3n) is 5.44. The van der Waals surface area contributed by atoms with E-state index in [2.05, 4.69) is 29.4 Å². The lowest BCUT2D eigenvalue weighted by atomic mass is 9.97. The molecule has 4 heteroatoms. The van der Waals surface area contributed by atoms with Crippen LogP contribution in [0.4, 0.5) is 4.79 Å². The van der Waals surface area contributed by atoms with Crippen molar-refractivity contribution < 1.29 is 4.79 Å². The SMILES string of the molecule is CC1CCN([C@H](C)CNC(=O)NC2CCCCCCC2)CC1. The molecule has 0 unspecified atom stereocenters. The molecule has 0 spiro atoms. The number of nitrogens with zero attached hydrogens (tertiary/aromatic N) is 1. The summed E-state index contributed by atoms with van der Waals surface area (Å²) >= 11 is 0. The van der Waals surface area contributed by atoms with Gasteiger partial charge in [0.1, 0.15) is 0 Å². The van der Waals surface area contributed by atoms with Crippen LogP contribution in [0.3, 0.4) is 0 Å². The molecule has 0 aromatic carbocycles. The molecule has 2 N–H and O–H groups in total. The fraction of sp³-hybridized carbons (Fsp3) is 0.944. The lowest BCUT2D eigenvalue weighted by molar-refractivity contribution is 0.145. The van der Waals surface area contributed by atoms with Gasteiger partial charge < -0.3 is 10.6 Å². The second-order valence-corrected chi connectivity index (χ2v) is 7.46. The zero-order valence-corrected chi connectivity index (χ0v) is 14.6. The summed E-state index contributed by atoms with van der Waals surface area (Å²) in [6.07, 6.45) is 11.4. The van der Waals surface area contributed by atoms with Crippen molar-refractivity contribution in [2.24, 2.45) is 5.92 Å². The zero-order valence-electron chi connectivity index (χ0n) is 14.6. The summed E-state index contributed by atoms with van der Waals surface area (Å²) < 4.78 is 0. The van der Waals surface area contributed by atoms with E-state index < -0.39 is 0 Å². The number of carbonyl (C=O) groups excluding carboxylic acids is 1. The van der Waals surface area contributed by atoms with Crippen LogP contribution in [0.5, 0.6) is 0 Å². The second-order valence-electron chi connectivity index (χ2n) is 7.46. The molecule has 2 fully saturated rings. The average Bonchev–Trinajstić information content (AvgIpc) is 2.48. The highest BCUT2D eigenvalue weighted by Gasteiger charge is 2.21. The van der Waals surface area contributed by atoms with Crippen LogP contribution in [0.2, 0.25) is 0 Å². The van der Waals surface area contributed by atoms with Crippen LogP contribution in [-0.4, -0.2) is 42.6 Å². The van der Waals surface area contributed by atoms with Gasteiger partial charge in [-0.3, -0.25) is 4.90 Å². The Hall–Kier alpha value is -0.770. The van der Waals surface area contributed by atoms with Gasteiger partial charge in [-0.25, -0.2) is 4.79 Å². The second kappa shape index (κ2) is 9.39. The first-order valence-electron chi connectivity index (χ1n) is 9.43. The Morgan fingerprint density at radius 1 is 1.05 bits per heavy atom. The molecule has 0 radical (unpaired) electrons. The highest BCUT2D eigenvalue weighted by molar-refractivity contribution is 5.74. The summed E-state index contributed by atoms with van der Waals surface area (Å²) in [4.78, 5) is 14.6. The van der Waals surface area contributed by atoms with Crippen molar-refractivity contribution in [3.8, 4) is 0 Å². The molecule has 4 nitrogen and oxygen atoms in total. The number of hydrogen-bond acceptors (Lipinski definition) is 2. The summed E-state index contributed by atoms with van der Waals surface area (Å²) in [7, 11) is 0. The Morgan fingerprint density at radius 3 is 2.27 bits per heavy atom. The molecule has 2 amide bonds. The smallest absolute Gasteiger partial charge is 0.315 e. The van der Waals surface area contributed by atoms with E-state index in [1.54, 1.807) is 0 Å². The first-order chi connectivity index (χ1) is 10.6. The largest absolute Gasteiger partial charge is 0.337 e. The maximum atomic E-state index is 12.1. The van der Waals surface area contributed by atoms with Crippen LogP contribution in [0.1, 0.15) is 71.6 Å². The van der Waals surface area contributed by atoms with E-state index in [0.717, 1.165) is 25.3 Å². The van der Waals surface area contributed by atoms with Crippen LogP contribution in [-0.2, 0) is 0 Å². The van der Waals surface area contributed by atoms with E-state index >= 15 is 0 Å². The highest BCUT2D eigenvalue weighted by Crippen LogP contribution is 2.18. The predicted octanol–water partition coefficient (Wildman–Crippen LogP) is 3.52. The number of nitrogens with one attached hydrogen (secondary N) is 2. The van der Waals surface area contributed by atoms with E-state index in [1.165, 1.54) is 58.0 Å². The Balaban J connectivity index is 1.63. The standard InChI is InChI=1S/C18H35N3O/c1-15-10-12-21(13-11-15)16(2)14-19-18(22)20-17-8-6-4-3-5-7-9-17/h15-17H,3-14H2,1-2H3,(H2,19,20,22)/t16-/m1/s1. The summed E-state index contributed by atoms with van der Waals surface area (Å²) in [5, 5.41) is 6.27. The van der Waals surface area contributed by atoms with Crippen LogP contribution >= 0.6 is 0 Å². The number of urea groups is 1. The molecule has 22 heavy (non-hydrogen) atoms. The highest BCUT2D eigenvalue weighted by atomic mass is 16.2. The molecule has 128 valence electrons. The third kappa shape index (κ3) is 6.15. The summed E-state index contributed by atoms with van der Waals surface area (Å²) in [6, 6.07) is 0.852. The topological polar surface area (TPSA) is 44.4 Å². The third-order valence-corrected chi connectivity index (χ3v) is 5.44. The molecular formula is C18H35N3O. The summed E-state index contributed by atoms with van der Waals surface area (Å²) in [6.45, 7) is 7.67. The minimum atomic E-state index is 0.0304. The molecule has 1 aliphatic carbocycles. The molecule has 2 rings (SSSR count). The molecule has 0 aromatic rings. The van der Waals surface area contributed by atoms with Gasteiger partial charge in [0.25, 0.3) is 0 Å². The van der Waals surface area contributed by atoms with Crippen molar-refractivity contribution in [2.45, 2.75) is 83.7 Å². The minimum Gasteiger partial charge on any atom is -0.337 e. The maximum Gasteiger partial charge on any atom is 0.315 e. The van der Waals surface area contributed by atoms with E-state index in [1.807, 2.05) is 0 Å². The Kier molecular flexibility index (Phi) is 7.50. The minimum absolute atomic E-state index is 0.0304. The number of carbonyl (C=O) groups is 1. The van der Waals surface area contributed by atoms with E-state index in [4.69, 9.17) is 0 Å². The number of likely N-dealkylation sites (tertiary alicyclic amines) is 1. The Labute approximate surface area is 136 Å². The number of amides is 2. The number of rotatable bonds is 4. The summed E-state index contributed by atoms with van der Waals surface area (Å²) in [5.74, 6) is 0.860. The fourth-order valence-corrected chi connectivity index (χ4v) is 3.68. The van der Waals surface area contributed by atoms with Gasteiger partial charge in [-0.1, -0.05) is 39.0 Å². The van der Waals surface area contributed by atoms with Crippen molar-refractivity contribution >= 4 is 6.03 Å². The van der Waals surface area contributed by atoms with Crippen LogP contribution in [0.15, 0.2) is 0 Å². The Bertz CT molecular complexity index is 318. The maximum absolute atomic E-state index is 12.1. The van der Waals surface area contributed by atoms with Crippen LogP contribution in [0.25, 0.3) is 0 Å². The quantitative estimate of drug-likeness (QED) is 0.834.